The van der Waals surface area contributed by atoms with Gasteiger partial charge in [-0.05, 0) is 38.5 Å². The van der Waals surface area contributed by atoms with Gasteiger partial charge in [0.2, 0.25) is 10.0 Å². The molecule has 1 aliphatic heterocycles. The molecule has 3 aromatic rings. The number of hydrogen-bond acceptors (Lipinski definition) is 8. The van der Waals surface area contributed by atoms with E-state index in [0.717, 1.165) is 41.8 Å². The lowest BCUT2D eigenvalue weighted by molar-refractivity contribution is 0.155. The average molecular weight is 530 g/mol. The Morgan fingerprint density at radius 1 is 1.14 bits per heavy atom. The predicted molar refractivity (Wildman–Crippen MR) is 143 cm³/mol. The van der Waals surface area contributed by atoms with E-state index in [0.29, 0.717) is 11.3 Å². The van der Waals surface area contributed by atoms with Crippen molar-refractivity contribution in [2.45, 2.75) is 37.8 Å². The van der Waals surface area contributed by atoms with Gasteiger partial charge in [-0.1, -0.05) is 47.7 Å². The number of aromatic nitrogens is 1. The molecule has 1 amide bonds. The number of hydrogen-bond donors (Lipinski definition) is 3. The Kier molecular flexibility index (Phi) is 7.94. The highest BCUT2D eigenvalue weighted by Crippen LogP contribution is 2.36. The maximum absolute atomic E-state index is 13.4. The molecule has 0 radical (unpaired) electrons. The Labute approximate surface area is 215 Å². The Bertz CT molecular complexity index is 1300. The number of nitrogens with one attached hydrogen (secondary N) is 3. The van der Waals surface area contributed by atoms with E-state index < -0.39 is 21.7 Å². The van der Waals surface area contributed by atoms with Crippen LogP contribution in [0.5, 0.6) is 0 Å². The minimum Gasteiger partial charge on any atom is -0.444 e. The van der Waals surface area contributed by atoms with Gasteiger partial charge in [0.1, 0.15) is 6.61 Å². The summed E-state index contributed by atoms with van der Waals surface area (Å²) in [5, 5.41) is 6.81. The molecule has 1 fully saturated rings. The molecule has 0 spiro atoms. The van der Waals surface area contributed by atoms with E-state index in [1.165, 1.54) is 17.4 Å². The zero-order valence-corrected chi connectivity index (χ0v) is 22.2. The first kappa shape index (κ1) is 26.1. The van der Waals surface area contributed by atoms with Gasteiger partial charge in [-0.3, -0.25) is 5.32 Å². The summed E-state index contributed by atoms with van der Waals surface area (Å²) in [6.07, 6.45) is 1.03. The zero-order chi connectivity index (χ0) is 25.8. The second kappa shape index (κ2) is 11.0. The van der Waals surface area contributed by atoms with E-state index in [9.17, 15) is 13.2 Å². The maximum Gasteiger partial charge on any atom is 0.411 e. The molecule has 0 bridgehead atoms. The summed E-state index contributed by atoms with van der Waals surface area (Å²) < 4.78 is 34.8. The monoisotopic (exact) mass is 529 g/mol. The van der Waals surface area contributed by atoms with Gasteiger partial charge >= 0.3 is 6.09 Å². The number of benzene rings is 2. The van der Waals surface area contributed by atoms with Crippen molar-refractivity contribution >= 4 is 38.3 Å². The van der Waals surface area contributed by atoms with Crippen molar-refractivity contribution in [1.82, 2.24) is 15.0 Å². The van der Waals surface area contributed by atoms with Crippen LogP contribution in [0.2, 0.25) is 0 Å². The van der Waals surface area contributed by atoms with Crippen molar-refractivity contribution in [2.75, 3.05) is 36.4 Å². The van der Waals surface area contributed by atoms with Crippen LogP contribution in [0.4, 0.5) is 15.6 Å². The van der Waals surface area contributed by atoms with Gasteiger partial charge in [-0.25, -0.2) is 22.9 Å². The van der Waals surface area contributed by atoms with Crippen molar-refractivity contribution in [2.24, 2.45) is 0 Å². The number of nitrogens with zero attached hydrogens (tertiary/aromatic N) is 2. The minimum atomic E-state index is -3.91. The highest BCUT2D eigenvalue weighted by atomic mass is 32.2. The van der Waals surface area contributed by atoms with Crippen LogP contribution in [0.15, 0.2) is 59.6 Å². The van der Waals surface area contributed by atoms with E-state index in [1.807, 2.05) is 30.3 Å². The van der Waals surface area contributed by atoms with Gasteiger partial charge in [-0.2, -0.15) is 0 Å². The minimum absolute atomic E-state index is 0.0637. The molecule has 192 valence electrons. The summed E-state index contributed by atoms with van der Waals surface area (Å²) in [6.45, 7) is 8.90. The molecule has 0 atom stereocenters. The van der Waals surface area contributed by atoms with E-state index in [-0.39, 0.29) is 11.5 Å². The fourth-order valence-electron chi connectivity index (χ4n) is 3.75. The molecule has 1 aromatic heterocycles. The van der Waals surface area contributed by atoms with Gasteiger partial charge in [0.25, 0.3) is 0 Å². The number of amides is 1. The molecule has 0 aliphatic carbocycles. The van der Waals surface area contributed by atoms with Crippen LogP contribution in [0, 0.1) is 0 Å². The molecule has 3 N–H and O–H groups in total. The van der Waals surface area contributed by atoms with Crippen LogP contribution in [0.25, 0.3) is 10.4 Å². The van der Waals surface area contributed by atoms with Gasteiger partial charge in [0.15, 0.2) is 5.13 Å². The number of sulfonamides is 1. The number of ether oxygens (including phenoxy) is 1. The van der Waals surface area contributed by atoms with E-state index in [2.05, 4.69) is 25.2 Å². The lowest BCUT2D eigenvalue weighted by Crippen LogP contribution is -2.43. The summed E-state index contributed by atoms with van der Waals surface area (Å²) in [7, 11) is -3.91. The molecule has 4 rings (SSSR count). The first-order valence-electron chi connectivity index (χ1n) is 11.7. The van der Waals surface area contributed by atoms with E-state index in [4.69, 9.17) is 4.74 Å². The quantitative estimate of drug-likeness (QED) is 0.423. The Balaban J connectivity index is 1.60. The van der Waals surface area contributed by atoms with Crippen molar-refractivity contribution in [1.29, 1.82) is 0 Å². The van der Waals surface area contributed by atoms with Crippen molar-refractivity contribution < 1.29 is 17.9 Å². The van der Waals surface area contributed by atoms with Crippen molar-refractivity contribution in [3.63, 3.8) is 0 Å². The Hall–Kier alpha value is -2.99. The molecule has 2 aromatic carbocycles. The summed E-state index contributed by atoms with van der Waals surface area (Å²) in [5.74, 6) is 0. The van der Waals surface area contributed by atoms with Crippen LogP contribution in [-0.4, -0.2) is 51.2 Å². The fraction of sp³-hybridized carbons (Fsp3) is 0.360. The van der Waals surface area contributed by atoms with Gasteiger partial charge in [0.05, 0.1) is 9.77 Å². The zero-order valence-electron chi connectivity index (χ0n) is 20.6. The molecule has 9 nitrogen and oxygen atoms in total. The second-order valence-electron chi connectivity index (χ2n) is 9.50. The predicted octanol–water partition coefficient (Wildman–Crippen LogP) is 4.05. The Morgan fingerprint density at radius 3 is 2.56 bits per heavy atom. The molecular formula is C25H31N5O4S2. The number of anilines is 2. The van der Waals surface area contributed by atoms with Crippen LogP contribution < -0.4 is 20.3 Å². The second-order valence-corrected chi connectivity index (χ2v) is 12.2. The maximum atomic E-state index is 13.4. The summed E-state index contributed by atoms with van der Waals surface area (Å²) in [4.78, 5) is 19.9. The largest absolute Gasteiger partial charge is 0.444 e. The standard InChI is InChI=1S/C25H31N5O4S2/c1-25(2,3)29-36(32,33)22-15-19(28-24(31)34-17-18-7-5-4-6-8-18)9-10-20(22)21-16-27-23(35-21)30-13-11-26-12-14-30/h4-10,15-16,26,29H,11-14,17H2,1-3H3,(H,28,31). The molecule has 0 unspecified atom stereocenters. The third-order valence-corrected chi connectivity index (χ3v) is 8.21. The first-order valence-corrected chi connectivity index (χ1v) is 14.0. The lowest BCUT2D eigenvalue weighted by atomic mass is 10.1. The van der Waals surface area contributed by atoms with E-state index >= 15 is 0 Å². The van der Waals surface area contributed by atoms with Crippen molar-refractivity contribution in [3.8, 4) is 10.4 Å². The molecule has 1 aliphatic rings. The average Bonchev–Trinajstić information content (AvgIpc) is 3.33. The molecular weight excluding hydrogens is 498 g/mol. The Morgan fingerprint density at radius 2 is 1.86 bits per heavy atom. The van der Waals surface area contributed by atoms with Gasteiger partial charge in [0, 0.05) is 49.2 Å². The van der Waals surface area contributed by atoms with Gasteiger partial charge < -0.3 is 15.0 Å². The SMILES string of the molecule is CC(C)(C)NS(=O)(=O)c1cc(NC(=O)OCc2ccccc2)ccc1-c1cnc(N2CCNCC2)s1. The van der Waals surface area contributed by atoms with Crippen LogP contribution in [-0.2, 0) is 21.4 Å². The number of carbonyl (C=O) groups excluding carboxylic acids is 1. The highest BCUT2D eigenvalue weighted by Gasteiger charge is 2.27. The molecule has 2 heterocycles. The van der Waals surface area contributed by atoms with Crippen LogP contribution in [0.1, 0.15) is 26.3 Å². The third-order valence-electron chi connectivity index (χ3n) is 5.32. The summed E-state index contributed by atoms with van der Waals surface area (Å²) >= 11 is 1.45. The van der Waals surface area contributed by atoms with Crippen LogP contribution >= 0.6 is 11.3 Å². The molecule has 1 saturated heterocycles. The number of carbonyl (C=O) groups is 1. The first-order chi connectivity index (χ1) is 17.1. The third kappa shape index (κ3) is 6.82. The van der Waals surface area contributed by atoms with Gasteiger partial charge in [-0.15, -0.1) is 0 Å². The van der Waals surface area contributed by atoms with E-state index in [1.54, 1.807) is 39.1 Å². The number of rotatable bonds is 7. The number of thiazole rings is 1. The van der Waals surface area contributed by atoms with Crippen molar-refractivity contribution in [3.05, 3.63) is 60.3 Å². The van der Waals surface area contributed by atoms with Crippen LogP contribution in [0.3, 0.4) is 0 Å². The number of piperazine rings is 1. The topological polar surface area (TPSA) is 113 Å². The lowest BCUT2D eigenvalue weighted by Gasteiger charge is -2.26. The normalized spacial score (nSPS) is 14.5. The molecule has 36 heavy (non-hydrogen) atoms. The smallest absolute Gasteiger partial charge is 0.411 e. The highest BCUT2D eigenvalue weighted by molar-refractivity contribution is 7.89. The summed E-state index contributed by atoms with van der Waals surface area (Å²) in [5.41, 5.74) is 1.01. The fourth-order valence-corrected chi connectivity index (χ4v) is 6.49. The summed E-state index contributed by atoms with van der Waals surface area (Å²) in [6, 6.07) is 14.1. The molecule has 0 saturated carbocycles. The molecule has 11 heteroatoms.